The highest BCUT2D eigenvalue weighted by Crippen LogP contribution is 2.39. The van der Waals surface area contributed by atoms with Crippen LogP contribution in [0.3, 0.4) is 0 Å². The van der Waals surface area contributed by atoms with Crippen molar-refractivity contribution >= 4 is 40.4 Å². The molecule has 1 aliphatic carbocycles. The molecule has 3 rings (SSSR count). The maximum absolute atomic E-state index is 12.7. The zero-order valence-electron chi connectivity index (χ0n) is 13.8. The van der Waals surface area contributed by atoms with Crippen molar-refractivity contribution in [3.8, 4) is 0 Å². The molecule has 1 aromatic heterocycles. The number of para-hydroxylation sites is 1. The van der Waals surface area contributed by atoms with Crippen molar-refractivity contribution in [1.29, 1.82) is 0 Å². The van der Waals surface area contributed by atoms with Gasteiger partial charge in [0.1, 0.15) is 5.92 Å². The predicted octanol–water partition coefficient (Wildman–Crippen LogP) is 4.64. The summed E-state index contributed by atoms with van der Waals surface area (Å²) in [6.45, 7) is 0. The highest BCUT2D eigenvalue weighted by Gasteiger charge is 2.34. The zero-order valence-corrected chi connectivity index (χ0v) is 15.3. The van der Waals surface area contributed by atoms with E-state index in [0.29, 0.717) is 27.1 Å². The molecule has 131 valence electrons. The Balaban J connectivity index is 1.86. The largest absolute Gasteiger partial charge is 0.369 e. The van der Waals surface area contributed by atoms with Crippen LogP contribution in [0.4, 0.5) is 5.69 Å². The second-order valence-electron chi connectivity index (χ2n) is 6.21. The first-order chi connectivity index (χ1) is 12.1. The summed E-state index contributed by atoms with van der Waals surface area (Å²) in [5.41, 5.74) is 6.70. The molecular weight excluding hydrogens is 356 g/mol. The number of primary amides is 1. The van der Waals surface area contributed by atoms with Crippen LogP contribution in [0.1, 0.15) is 47.3 Å². The normalized spacial score (nSPS) is 15.3. The van der Waals surface area contributed by atoms with Gasteiger partial charge in [0.15, 0.2) is 0 Å². The second-order valence-corrected chi connectivity index (χ2v) is 7.53. The summed E-state index contributed by atoms with van der Waals surface area (Å²) in [7, 11) is 0. The predicted molar refractivity (Wildman–Crippen MR) is 102 cm³/mol. The summed E-state index contributed by atoms with van der Waals surface area (Å²) >= 11 is 7.50. The molecule has 0 atom stereocenters. The monoisotopic (exact) mass is 375 g/mol. The molecule has 25 heavy (non-hydrogen) atoms. The van der Waals surface area contributed by atoms with Crippen LogP contribution in [0.15, 0.2) is 35.7 Å². The third-order valence-electron chi connectivity index (χ3n) is 4.56. The standard InChI is InChI=1S/C19H20ClN2O2S/c20-14-8-4-5-9-15(14)22-19(24)13-10-11-25-17(13)16(18(21)23)12-6-2-1-3-7-12/h4-5,8-12H,1-3,6-7H2,(H2,21,23)(H,22,24). The van der Waals surface area contributed by atoms with E-state index < -0.39 is 5.91 Å². The molecule has 1 heterocycles. The summed E-state index contributed by atoms with van der Waals surface area (Å²) in [5.74, 6) is 0.0239. The molecule has 6 heteroatoms. The second kappa shape index (κ2) is 8.02. The number of benzene rings is 1. The molecule has 0 aliphatic heterocycles. The van der Waals surface area contributed by atoms with Crippen LogP contribution in [0, 0.1) is 11.8 Å². The number of amides is 2. The minimum absolute atomic E-state index is 0.136. The van der Waals surface area contributed by atoms with E-state index in [-0.39, 0.29) is 11.8 Å². The Labute approximate surface area is 156 Å². The van der Waals surface area contributed by atoms with Crippen LogP contribution in [-0.4, -0.2) is 11.8 Å². The SMILES string of the molecule is NC(=O)[C](c1sccc1C(=O)Nc1ccccc1Cl)C1CCCCC1. The van der Waals surface area contributed by atoms with Crippen LogP contribution >= 0.6 is 22.9 Å². The smallest absolute Gasteiger partial charge is 0.256 e. The van der Waals surface area contributed by atoms with Crippen LogP contribution in [0.5, 0.6) is 0 Å². The van der Waals surface area contributed by atoms with Crippen LogP contribution < -0.4 is 11.1 Å². The van der Waals surface area contributed by atoms with Gasteiger partial charge in [0.25, 0.3) is 5.91 Å². The van der Waals surface area contributed by atoms with Crippen molar-refractivity contribution in [3.63, 3.8) is 0 Å². The molecule has 1 radical (unpaired) electrons. The number of carbonyl (C=O) groups is 2. The van der Waals surface area contributed by atoms with Crippen molar-refractivity contribution in [3.05, 3.63) is 57.1 Å². The van der Waals surface area contributed by atoms with Crippen molar-refractivity contribution in [1.82, 2.24) is 0 Å². The third kappa shape index (κ3) is 4.05. The Morgan fingerprint density at radius 2 is 1.84 bits per heavy atom. The number of anilines is 1. The van der Waals surface area contributed by atoms with E-state index in [4.69, 9.17) is 17.3 Å². The summed E-state index contributed by atoms with van der Waals surface area (Å²) < 4.78 is 0. The van der Waals surface area contributed by atoms with Gasteiger partial charge in [-0.2, -0.15) is 0 Å². The molecular formula is C19H20ClN2O2S. The number of thiophene rings is 1. The van der Waals surface area contributed by atoms with Crippen molar-refractivity contribution in [2.24, 2.45) is 11.7 Å². The topological polar surface area (TPSA) is 72.2 Å². The summed E-state index contributed by atoms with van der Waals surface area (Å²) in [5, 5.41) is 5.11. The summed E-state index contributed by atoms with van der Waals surface area (Å²) in [6.07, 6.45) is 5.26. The fraction of sp³-hybridized carbons (Fsp3) is 0.316. The molecule has 1 saturated carbocycles. The van der Waals surface area contributed by atoms with Gasteiger partial charge in [-0.3, -0.25) is 9.59 Å². The first kappa shape index (κ1) is 18.0. The lowest BCUT2D eigenvalue weighted by atomic mass is 9.78. The maximum atomic E-state index is 12.7. The van der Waals surface area contributed by atoms with Gasteiger partial charge in [0, 0.05) is 4.88 Å². The van der Waals surface area contributed by atoms with Crippen LogP contribution in [0.25, 0.3) is 0 Å². The average molecular weight is 376 g/mol. The van der Waals surface area contributed by atoms with E-state index in [0.717, 1.165) is 25.7 Å². The number of hydrogen-bond acceptors (Lipinski definition) is 3. The van der Waals surface area contributed by atoms with E-state index >= 15 is 0 Å². The van der Waals surface area contributed by atoms with Crippen LogP contribution in [0.2, 0.25) is 5.02 Å². The van der Waals surface area contributed by atoms with E-state index in [1.807, 2.05) is 5.38 Å². The summed E-state index contributed by atoms with van der Waals surface area (Å²) in [4.78, 5) is 25.5. The van der Waals surface area contributed by atoms with E-state index in [1.165, 1.54) is 17.8 Å². The minimum Gasteiger partial charge on any atom is -0.369 e. The number of rotatable bonds is 5. The maximum Gasteiger partial charge on any atom is 0.256 e. The summed E-state index contributed by atoms with van der Waals surface area (Å²) in [6, 6.07) is 8.80. The number of carbonyl (C=O) groups excluding carboxylic acids is 2. The Kier molecular flexibility index (Phi) is 5.76. The molecule has 3 N–H and O–H groups in total. The van der Waals surface area contributed by atoms with Gasteiger partial charge in [0.05, 0.1) is 16.3 Å². The molecule has 2 amide bonds. The van der Waals surface area contributed by atoms with Crippen LogP contribution in [-0.2, 0) is 4.79 Å². The van der Waals surface area contributed by atoms with Gasteiger partial charge in [-0.15, -0.1) is 11.3 Å². The number of nitrogens with two attached hydrogens (primary N) is 1. The first-order valence-corrected chi connectivity index (χ1v) is 9.64. The zero-order chi connectivity index (χ0) is 17.8. The van der Waals surface area contributed by atoms with E-state index in [1.54, 1.807) is 30.3 Å². The highest BCUT2D eigenvalue weighted by atomic mass is 35.5. The number of nitrogens with one attached hydrogen (secondary N) is 1. The fourth-order valence-corrected chi connectivity index (χ4v) is 4.54. The molecule has 4 nitrogen and oxygen atoms in total. The number of halogens is 1. The average Bonchev–Trinajstić information content (AvgIpc) is 3.07. The van der Waals surface area contributed by atoms with Gasteiger partial charge < -0.3 is 11.1 Å². The van der Waals surface area contributed by atoms with Crippen molar-refractivity contribution in [2.75, 3.05) is 5.32 Å². The third-order valence-corrected chi connectivity index (χ3v) is 5.83. The lowest BCUT2D eigenvalue weighted by molar-refractivity contribution is -0.116. The molecule has 0 spiro atoms. The molecule has 1 aromatic carbocycles. The highest BCUT2D eigenvalue weighted by molar-refractivity contribution is 7.11. The molecule has 0 bridgehead atoms. The van der Waals surface area contributed by atoms with E-state index in [9.17, 15) is 9.59 Å². The lowest BCUT2D eigenvalue weighted by Crippen LogP contribution is -2.31. The van der Waals surface area contributed by atoms with Gasteiger partial charge in [-0.25, -0.2) is 0 Å². The van der Waals surface area contributed by atoms with Gasteiger partial charge in [0.2, 0.25) is 5.91 Å². The first-order valence-electron chi connectivity index (χ1n) is 8.38. The number of hydrogen-bond donors (Lipinski definition) is 2. The molecule has 1 fully saturated rings. The fourth-order valence-electron chi connectivity index (χ4n) is 3.34. The molecule has 0 saturated heterocycles. The van der Waals surface area contributed by atoms with Gasteiger partial charge in [-0.05, 0) is 42.3 Å². The Bertz CT molecular complexity index is 768. The molecule has 0 unspecified atom stereocenters. The molecule has 2 aromatic rings. The Hall–Kier alpha value is -1.85. The lowest BCUT2D eigenvalue weighted by Gasteiger charge is -2.27. The molecule has 1 aliphatic rings. The van der Waals surface area contributed by atoms with Gasteiger partial charge in [-0.1, -0.05) is 43.0 Å². The Morgan fingerprint density at radius 1 is 1.12 bits per heavy atom. The Morgan fingerprint density at radius 3 is 2.52 bits per heavy atom. The van der Waals surface area contributed by atoms with Gasteiger partial charge >= 0.3 is 0 Å². The minimum atomic E-state index is -0.429. The van der Waals surface area contributed by atoms with Crippen molar-refractivity contribution < 1.29 is 9.59 Å². The van der Waals surface area contributed by atoms with Crippen molar-refractivity contribution in [2.45, 2.75) is 32.1 Å². The van der Waals surface area contributed by atoms with E-state index in [2.05, 4.69) is 5.32 Å². The quantitative estimate of drug-likeness (QED) is 0.798.